The van der Waals surface area contributed by atoms with E-state index in [0.717, 1.165) is 35.8 Å². The van der Waals surface area contributed by atoms with Gasteiger partial charge < -0.3 is 9.73 Å². The molecule has 0 radical (unpaired) electrons. The van der Waals surface area contributed by atoms with E-state index in [0.29, 0.717) is 11.9 Å². The van der Waals surface area contributed by atoms with Gasteiger partial charge in [0.2, 0.25) is 11.8 Å². The standard InChI is InChI=1S/C19H24N2O2/c1-13-8-10-16(11-9-13)20-18(22)12-17-14(2)23-19(21-17)15-6-4-3-5-7-15/h3-7,13,16H,8-12H2,1-2H3,(H,20,22). The summed E-state index contributed by atoms with van der Waals surface area (Å²) < 4.78 is 5.71. The van der Waals surface area contributed by atoms with Crippen LogP contribution in [0.25, 0.3) is 11.5 Å². The van der Waals surface area contributed by atoms with Crippen LogP contribution in [0.5, 0.6) is 0 Å². The Bertz CT molecular complexity index is 655. The van der Waals surface area contributed by atoms with E-state index in [2.05, 4.69) is 17.2 Å². The molecule has 1 aromatic heterocycles. The van der Waals surface area contributed by atoms with Gasteiger partial charge in [0.15, 0.2) is 0 Å². The molecule has 0 atom stereocenters. The molecule has 1 N–H and O–H groups in total. The molecule has 1 fully saturated rings. The first-order chi connectivity index (χ1) is 11.1. The molecule has 1 saturated carbocycles. The Morgan fingerprint density at radius 3 is 2.61 bits per heavy atom. The average Bonchev–Trinajstić information content (AvgIpc) is 2.91. The maximum absolute atomic E-state index is 12.3. The van der Waals surface area contributed by atoms with E-state index in [4.69, 9.17) is 4.42 Å². The van der Waals surface area contributed by atoms with Gasteiger partial charge >= 0.3 is 0 Å². The van der Waals surface area contributed by atoms with Gasteiger partial charge in [0, 0.05) is 11.6 Å². The van der Waals surface area contributed by atoms with Crippen LogP contribution in [0.2, 0.25) is 0 Å². The molecule has 1 aromatic carbocycles. The van der Waals surface area contributed by atoms with Crippen LogP contribution in [0.4, 0.5) is 0 Å². The first-order valence-electron chi connectivity index (χ1n) is 8.43. The topological polar surface area (TPSA) is 55.1 Å². The molecule has 4 heteroatoms. The highest BCUT2D eigenvalue weighted by atomic mass is 16.4. The fraction of sp³-hybridized carbons (Fsp3) is 0.474. The Balaban J connectivity index is 1.61. The maximum atomic E-state index is 12.3. The second-order valence-electron chi connectivity index (χ2n) is 6.59. The van der Waals surface area contributed by atoms with Crippen LogP contribution in [-0.4, -0.2) is 16.9 Å². The van der Waals surface area contributed by atoms with E-state index >= 15 is 0 Å². The molecule has 1 amide bonds. The minimum absolute atomic E-state index is 0.0422. The normalized spacial score (nSPS) is 21.1. The first kappa shape index (κ1) is 15.8. The number of hydrogen-bond acceptors (Lipinski definition) is 3. The monoisotopic (exact) mass is 312 g/mol. The lowest BCUT2D eigenvalue weighted by Crippen LogP contribution is -2.38. The zero-order valence-electron chi connectivity index (χ0n) is 13.8. The fourth-order valence-corrected chi connectivity index (χ4v) is 3.13. The number of rotatable bonds is 4. The van der Waals surface area contributed by atoms with Gasteiger partial charge in [0.05, 0.1) is 12.1 Å². The van der Waals surface area contributed by atoms with Crippen molar-refractivity contribution in [1.29, 1.82) is 0 Å². The predicted molar refractivity (Wildman–Crippen MR) is 89.9 cm³/mol. The summed E-state index contributed by atoms with van der Waals surface area (Å²) in [6, 6.07) is 10.1. The molecule has 1 heterocycles. The Morgan fingerprint density at radius 2 is 1.91 bits per heavy atom. The molecule has 1 aliphatic rings. The van der Waals surface area contributed by atoms with Crippen molar-refractivity contribution in [3.05, 3.63) is 41.8 Å². The van der Waals surface area contributed by atoms with Crippen molar-refractivity contribution in [3.8, 4) is 11.5 Å². The Kier molecular flexibility index (Phi) is 4.79. The summed E-state index contributed by atoms with van der Waals surface area (Å²) in [4.78, 5) is 16.8. The molecule has 0 spiro atoms. The zero-order valence-corrected chi connectivity index (χ0v) is 13.8. The number of amides is 1. The SMILES string of the molecule is Cc1oc(-c2ccccc2)nc1CC(=O)NC1CCC(C)CC1. The van der Waals surface area contributed by atoms with Crippen LogP contribution in [0.1, 0.15) is 44.1 Å². The third-order valence-corrected chi connectivity index (χ3v) is 4.62. The van der Waals surface area contributed by atoms with Crippen molar-refractivity contribution < 1.29 is 9.21 Å². The number of carbonyl (C=O) groups excluding carboxylic acids is 1. The van der Waals surface area contributed by atoms with Crippen molar-refractivity contribution in [2.45, 2.75) is 52.0 Å². The highest BCUT2D eigenvalue weighted by molar-refractivity contribution is 5.78. The summed E-state index contributed by atoms with van der Waals surface area (Å²) in [5, 5.41) is 3.14. The number of aromatic nitrogens is 1. The van der Waals surface area contributed by atoms with Gasteiger partial charge in [-0.05, 0) is 50.7 Å². The van der Waals surface area contributed by atoms with Gasteiger partial charge in [-0.3, -0.25) is 4.79 Å². The summed E-state index contributed by atoms with van der Waals surface area (Å²) in [5.74, 6) is 2.13. The summed E-state index contributed by atoms with van der Waals surface area (Å²) >= 11 is 0. The molecule has 1 aliphatic carbocycles. The summed E-state index contributed by atoms with van der Waals surface area (Å²) in [7, 11) is 0. The average molecular weight is 312 g/mol. The van der Waals surface area contributed by atoms with Crippen LogP contribution in [0.15, 0.2) is 34.7 Å². The summed E-state index contributed by atoms with van der Waals surface area (Å²) in [6.45, 7) is 4.15. The van der Waals surface area contributed by atoms with Crippen molar-refractivity contribution in [2.24, 2.45) is 5.92 Å². The zero-order chi connectivity index (χ0) is 16.2. The van der Waals surface area contributed by atoms with Crippen molar-refractivity contribution in [3.63, 3.8) is 0 Å². The molecular weight excluding hydrogens is 288 g/mol. The minimum Gasteiger partial charge on any atom is -0.441 e. The number of nitrogens with one attached hydrogen (secondary N) is 1. The lowest BCUT2D eigenvalue weighted by molar-refractivity contribution is -0.121. The third-order valence-electron chi connectivity index (χ3n) is 4.62. The lowest BCUT2D eigenvalue weighted by Gasteiger charge is -2.26. The highest BCUT2D eigenvalue weighted by Crippen LogP contribution is 2.24. The lowest BCUT2D eigenvalue weighted by atomic mass is 9.87. The summed E-state index contributed by atoms with van der Waals surface area (Å²) in [5.41, 5.74) is 1.66. The first-order valence-corrected chi connectivity index (χ1v) is 8.43. The minimum atomic E-state index is 0.0422. The Labute approximate surface area is 137 Å². The number of hydrogen-bond donors (Lipinski definition) is 1. The van der Waals surface area contributed by atoms with E-state index < -0.39 is 0 Å². The molecule has 23 heavy (non-hydrogen) atoms. The van der Waals surface area contributed by atoms with Crippen LogP contribution in [-0.2, 0) is 11.2 Å². The van der Waals surface area contributed by atoms with E-state index in [1.165, 1.54) is 12.8 Å². The van der Waals surface area contributed by atoms with Gasteiger partial charge in [0.25, 0.3) is 0 Å². The molecule has 2 aromatic rings. The molecule has 0 bridgehead atoms. The van der Waals surface area contributed by atoms with Gasteiger partial charge in [0.1, 0.15) is 5.76 Å². The number of aryl methyl sites for hydroxylation is 1. The van der Waals surface area contributed by atoms with Crippen LogP contribution in [0.3, 0.4) is 0 Å². The molecule has 3 rings (SSSR count). The quantitative estimate of drug-likeness (QED) is 0.932. The van der Waals surface area contributed by atoms with Crippen LogP contribution in [0, 0.1) is 12.8 Å². The van der Waals surface area contributed by atoms with Gasteiger partial charge in [-0.2, -0.15) is 0 Å². The number of nitrogens with zero attached hydrogens (tertiary/aromatic N) is 1. The molecule has 0 aliphatic heterocycles. The van der Waals surface area contributed by atoms with Crippen molar-refractivity contribution in [1.82, 2.24) is 10.3 Å². The number of benzene rings is 1. The van der Waals surface area contributed by atoms with Gasteiger partial charge in [-0.1, -0.05) is 25.1 Å². The van der Waals surface area contributed by atoms with E-state index in [1.807, 2.05) is 37.3 Å². The largest absolute Gasteiger partial charge is 0.441 e. The fourth-order valence-electron chi connectivity index (χ4n) is 3.13. The second-order valence-corrected chi connectivity index (χ2v) is 6.59. The second kappa shape index (κ2) is 6.99. The molecule has 122 valence electrons. The van der Waals surface area contributed by atoms with E-state index in [-0.39, 0.29) is 12.3 Å². The number of carbonyl (C=O) groups is 1. The Hall–Kier alpha value is -2.10. The van der Waals surface area contributed by atoms with Gasteiger partial charge in [-0.25, -0.2) is 4.98 Å². The molecule has 4 nitrogen and oxygen atoms in total. The third kappa shape index (κ3) is 4.01. The smallest absolute Gasteiger partial charge is 0.226 e. The van der Waals surface area contributed by atoms with Crippen LogP contribution >= 0.6 is 0 Å². The molecular formula is C19H24N2O2. The van der Waals surface area contributed by atoms with Crippen molar-refractivity contribution >= 4 is 5.91 Å². The highest BCUT2D eigenvalue weighted by Gasteiger charge is 2.21. The molecule has 0 unspecified atom stereocenters. The van der Waals surface area contributed by atoms with E-state index in [9.17, 15) is 4.79 Å². The maximum Gasteiger partial charge on any atom is 0.226 e. The number of oxazole rings is 1. The Morgan fingerprint density at radius 1 is 1.22 bits per heavy atom. The van der Waals surface area contributed by atoms with E-state index in [1.54, 1.807) is 0 Å². The van der Waals surface area contributed by atoms with Crippen LogP contribution < -0.4 is 5.32 Å². The predicted octanol–water partition coefficient (Wildman–Crippen LogP) is 3.89. The summed E-state index contributed by atoms with van der Waals surface area (Å²) in [6.07, 6.45) is 4.85. The van der Waals surface area contributed by atoms with Gasteiger partial charge in [-0.15, -0.1) is 0 Å². The molecule has 0 saturated heterocycles. The van der Waals surface area contributed by atoms with Crippen molar-refractivity contribution in [2.75, 3.05) is 0 Å².